The lowest BCUT2D eigenvalue weighted by atomic mass is 9.84. The Labute approximate surface area is 288 Å². The Hall–Kier alpha value is -4.47. The van der Waals surface area contributed by atoms with Crippen LogP contribution >= 0.6 is 0 Å². The van der Waals surface area contributed by atoms with Gasteiger partial charge in [-0.25, -0.2) is 19.1 Å². The van der Waals surface area contributed by atoms with Crippen molar-refractivity contribution < 1.29 is 41.8 Å². The summed E-state index contributed by atoms with van der Waals surface area (Å²) in [5.74, 6) is -2.41. The number of benzene rings is 2. The summed E-state index contributed by atoms with van der Waals surface area (Å²) in [7, 11) is -4.23. The van der Waals surface area contributed by atoms with E-state index in [1.54, 1.807) is 76.2 Å². The van der Waals surface area contributed by atoms with Gasteiger partial charge in [0.1, 0.15) is 24.4 Å². The average molecular weight is 702 g/mol. The molecule has 4 atom stereocenters. The van der Waals surface area contributed by atoms with Gasteiger partial charge in [0, 0.05) is 32.1 Å². The molecule has 268 valence electrons. The minimum atomic E-state index is -4.23. The predicted octanol–water partition coefficient (Wildman–Crippen LogP) is 3.33. The second-order valence-electron chi connectivity index (χ2n) is 12.7. The maximum atomic E-state index is 14.1. The summed E-state index contributed by atoms with van der Waals surface area (Å²) in [5.41, 5.74) is -1.15. The molecule has 15 heteroatoms. The van der Waals surface area contributed by atoms with E-state index in [1.807, 2.05) is 12.1 Å². The molecule has 2 aromatic carbocycles. The molecule has 4 N–H and O–H groups in total. The number of hydrogen-bond acceptors (Lipinski definition) is 9. The van der Waals surface area contributed by atoms with Crippen molar-refractivity contribution in [2.45, 2.75) is 70.9 Å². The fourth-order valence-corrected chi connectivity index (χ4v) is 6.39. The highest BCUT2D eigenvalue weighted by atomic mass is 32.2. The van der Waals surface area contributed by atoms with E-state index in [1.165, 1.54) is 13.0 Å². The normalized spacial score (nSPS) is 19.2. The van der Waals surface area contributed by atoms with Gasteiger partial charge in [-0.2, -0.15) is 12.7 Å². The molecular weight excluding hydrogens is 654 g/mol. The Kier molecular flexibility index (Phi) is 13.7. The molecule has 14 nitrogen and oxygen atoms in total. The van der Waals surface area contributed by atoms with Crippen molar-refractivity contribution in [3.8, 4) is 0 Å². The van der Waals surface area contributed by atoms with E-state index in [9.17, 15) is 27.6 Å². The third-order valence-corrected chi connectivity index (χ3v) is 9.15. The third-order valence-electron chi connectivity index (χ3n) is 7.62. The highest BCUT2D eigenvalue weighted by molar-refractivity contribution is 7.87. The van der Waals surface area contributed by atoms with Gasteiger partial charge in [-0.3, -0.25) is 4.79 Å². The zero-order valence-corrected chi connectivity index (χ0v) is 29.4. The van der Waals surface area contributed by atoms with Gasteiger partial charge in [0.2, 0.25) is 5.91 Å². The second kappa shape index (κ2) is 17.3. The number of rotatable bonds is 15. The number of carbonyl (C=O) groups excluding carboxylic acids is 4. The molecule has 0 spiro atoms. The molecule has 0 radical (unpaired) electrons. The highest BCUT2D eigenvalue weighted by Crippen LogP contribution is 2.35. The largest absolute Gasteiger partial charge is 0.456 e. The van der Waals surface area contributed by atoms with E-state index < -0.39 is 70.0 Å². The lowest BCUT2D eigenvalue weighted by molar-refractivity contribution is -0.160. The fraction of sp³-hybridized carbons (Fsp3) is 0.471. The number of nitrogens with zero attached hydrogens (tertiary/aromatic N) is 1. The predicted molar refractivity (Wildman–Crippen MR) is 182 cm³/mol. The van der Waals surface area contributed by atoms with E-state index in [-0.39, 0.29) is 32.7 Å². The van der Waals surface area contributed by atoms with Crippen LogP contribution < -0.4 is 20.7 Å². The van der Waals surface area contributed by atoms with Gasteiger partial charge in [-0.1, -0.05) is 66.7 Å². The van der Waals surface area contributed by atoms with Crippen molar-refractivity contribution in [2.24, 2.45) is 5.92 Å². The minimum Gasteiger partial charge on any atom is -0.456 e. The fourth-order valence-electron chi connectivity index (χ4n) is 5.10. The van der Waals surface area contributed by atoms with Crippen molar-refractivity contribution in [3.05, 3.63) is 84.4 Å². The quantitative estimate of drug-likeness (QED) is 0.0938. The second-order valence-corrected chi connectivity index (χ2v) is 14.4. The summed E-state index contributed by atoms with van der Waals surface area (Å²) in [6, 6.07) is 16.7. The first kappa shape index (κ1) is 39.0. The van der Waals surface area contributed by atoms with Crippen LogP contribution in [0, 0.1) is 5.92 Å². The monoisotopic (exact) mass is 701 g/mol. The maximum absolute atomic E-state index is 14.1. The van der Waals surface area contributed by atoms with E-state index in [4.69, 9.17) is 14.2 Å². The van der Waals surface area contributed by atoms with Crippen LogP contribution in [0.25, 0.3) is 0 Å². The number of nitrogens with one attached hydrogen (secondary N) is 4. The number of carbonyl (C=O) groups is 4. The first-order chi connectivity index (χ1) is 23.1. The first-order valence-electron chi connectivity index (χ1n) is 15.9. The summed E-state index contributed by atoms with van der Waals surface area (Å²) in [5, 5.41) is 7.67. The molecule has 3 amide bonds. The standard InChI is InChI=1S/C34H47N5O9S/c1-7-14-28-21-39(49(44,45)36-20-19-35-31(42)48-33(4,5)6)23-34(28,30(41)47-25(3)27-17-12-9-13-18-27)38-29(40)24(2)37-32(43)46-22-26-15-10-8-11-16-26/h7-13,15-18,24-25,28,36H,1,14,19-23H2,2-6H3,(H,35,42)(H,37,43)(H,38,40)/t24-,25+,28-,34-/m0/s1. The number of allylic oxidation sites excluding steroid dienone is 1. The Balaban J connectivity index is 1.79. The van der Waals surface area contributed by atoms with E-state index in [0.717, 1.165) is 9.87 Å². The highest BCUT2D eigenvalue weighted by Gasteiger charge is 2.57. The van der Waals surface area contributed by atoms with Gasteiger partial charge in [0.05, 0.1) is 0 Å². The molecular formula is C34H47N5O9S. The van der Waals surface area contributed by atoms with E-state index in [2.05, 4.69) is 27.3 Å². The smallest absolute Gasteiger partial charge is 0.408 e. The lowest BCUT2D eigenvalue weighted by Gasteiger charge is -2.35. The summed E-state index contributed by atoms with van der Waals surface area (Å²) >= 11 is 0. The molecule has 1 aliphatic heterocycles. The van der Waals surface area contributed by atoms with Crippen LogP contribution in [0.3, 0.4) is 0 Å². The summed E-state index contributed by atoms with van der Waals surface area (Å²) in [4.78, 5) is 52.2. The Morgan fingerprint density at radius 3 is 2.24 bits per heavy atom. The van der Waals surface area contributed by atoms with Gasteiger partial charge >= 0.3 is 18.2 Å². The van der Waals surface area contributed by atoms with Crippen molar-refractivity contribution in [3.63, 3.8) is 0 Å². The number of alkyl carbamates (subject to hydrolysis) is 2. The zero-order chi connectivity index (χ0) is 36.2. The van der Waals surface area contributed by atoms with Crippen LogP contribution in [-0.2, 0) is 40.6 Å². The lowest BCUT2D eigenvalue weighted by Crippen LogP contribution is -2.64. The molecule has 0 aromatic heterocycles. The number of ether oxygens (including phenoxy) is 3. The molecule has 0 unspecified atom stereocenters. The third kappa shape index (κ3) is 11.6. The van der Waals surface area contributed by atoms with Crippen LogP contribution in [-0.4, -0.2) is 80.1 Å². The Bertz CT molecular complexity index is 1550. The Morgan fingerprint density at radius 2 is 1.63 bits per heavy atom. The molecule has 1 heterocycles. The van der Waals surface area contributed by atoms with Crippen molar-refractivity contribution in [1.82, 2.24) is 25.0 Å². The van der Waals surface area contributed by atoms with Crippen LogP contribution in [0.2, 0.25) is 0 Å². The van der Waals surface area contributed by atoms with Gasteiger partial charge < -0.3 is 30.2 Å². The molecule has 0 saturated carbocycles. The van der Waals surface area contributed by atoms with E-state index >= 15 is 0 Å². The number of esters is 1. The van der Waals surface area contributed by atoms with Crippen LogP contribution in [0.5, 0.6) is 0 Å². The van der Waals surface area contributed by atoms with E-state index in [0.29, 0.717) is 5.56 Å². The van der Waals surface area contributed by atoms with Crippen LogP contribution in [0.15, 0.2) is 73.3 Å². The molecule has 1 saturated heterocycles. The molecule has 49 heavy (non-hydrogen) atoms. The SMILES string of the molecule is C=CC[C@H]1CN(S(=O)(=O)NCCNC(=O)OC(C)(C)C)C[C@@]1(NC(=O)[C@H](C)NC(=O)OCc1ccccc1)C(=O)O[C@H](C)c1ccccc1. The number of amides is 3. The van der Waals surface area contributed by atoms with Gasteiger partial charge in [-0.15, -0.1) is 6.58 Å². The minimum absolute atomic E-state index is 0.0246. The topological polar surface area (TPSA) is 181 Å². The Morgan fingerprint density at radius 1 is 1.00 bits per heavy atom. The molecule has 1 aliphatic rings. The van der Waals surface area contributed by atoms with Gasteiger partial charge in [-0.05, 0) is 52.2 Å². The first-order valence-corrected chi connectivity index (χ1v) is 17.4. The van der Waals surface area contributed by atoms with Gasteiger partial charge in [0.25, 0.3) is 10.2 Å². The van der Waals surface area contributed by atoms with Crippen LogP contribution in [0.4, 0.5) is 9.59 Å². The molecule has 0 aliphatic carbocycles. The zero-order valence-electron chi connectivity index (χ0n) is 28.6. The summed E-state index contributed by atoms with van der Waals surface area (Å²) in [6.07, 6.45) is -0.637. The molecule has 3 rings (SSSR count). The van der Waals surface area contributed by atoms with Crippen molar-refractivity contribution in [1.29, 1.82) is 0 Å². The van der Waals surface area contributed by atoms with Crippen molar-refractivity contribution >= 4 is 34.3 Å². The van der Waals surface area contributed by atoms with Crippen molar-refractivity contribution in [2.75, 3.05) is 26.2 Å². The summed E-state index contributed by atoms with van der Waals surface area (Å²) in [6.45, 7) is 11.0. The average Bonchev–Trinajstić information content (AvgIpc) is 3.42. The maximum Gasteiger partial charge on any atom is 0.408 e. The molecule has 2 aromatic rings. The molecule has 0 bridgehead atoms. The van der Waals surface area contributed by atoms with Gasteiger partial charge in [0.15, 0.2) is 5.54 Å². The van der Waals surface area contributed by atoms with Crippen LogP contribution in [0.1, 0.15) is 58.3 Å². The summed E-state index contributed by atoms with van der Waals surface area (Å²) < 4.78 is 46.7. The molecule has 1 fully saturated rings. The number of hydrogen-bond donors (Lipinski definition) is 4.